The number of methoxy groups -OCH3 is 1. The molecule has 3 aromatic rings. The number of rotatable bonds is 4. The molecular formula is C16H14N2O5. The van der Waals surface area contributed by atoms with E-state index in [1.807, 2.05) is 12.1 Å². The van der Waals surface area contributed by atoms with E-state index < -0.39 is 11.5 Å². The van der Waals surface area contributed by atoms with Gasteiger partial charge in [-0.05, 0) is 12.1 Å². The number of fused-ring (bicyclic) bond motifs is 3. The highest BCUT2D eigenvalue weighted by Crippen LogP contribution is 2.26. The molecule has 0 saturated heterocycles. The van der Waals surface area contributed by atoms with Crippen LogP contribution in [0.5, 0.6) is 5.75 Å². The third-order valence-electron chi connectivity index (χ3n) is 3.42. The van der Waals surface area contributed by atoms with Gasteiger partial charge < -0.3 is 14.6 Å². The van der Waals surface area contributed by atoms with E-state index in [-0.39, 0.29) is 18.8 Å². The number of pyridine rings is 1. The zero-order chi connectivity index (χ0) is 16.4. The highest BCUT2D eigenvalue weighted by molar-refractivity contribution is 5.91. The molecule has 0 radical (unpaired) electrons. The minimum Gasteiger partial charge on any atom is -0.496 e. The first-order valence-electron chi connectivity index (χ1n) is 6.93. The first-order valence-corrected chi connectivity index (χ1v) is 6.93. The fourth-order valence-corrected chi connectivity index (χ4v) is 2.40. The van der Waals surface area contributed by atoms with Crippen LogP contribution < -0.4 is 10.3 Å². The molecule has 2 heterocycles. The summed E-state index contributed by atoms with van der Waals surface area (Å²) in [6.07, 6.45) is 1.17. The van der Waals surface area contributed by atoms with Crippen LogP contribution in [0.25, 0.3) is 16.6 Å². The van der Waals surface area contributed by atoms with E-state index >= 15 is 0 Å². The number of hydrogen-bond donors (Lipinski definition) is 1. The number of para-hydroxylation sites is 1. The quantitative estimate of drug-likeness (QED) is 0.571. The maximum atomic E-state index is 12.7. The lowest BCUT2D eigenvalue weighted by molar-refractivity contribution is 0.0431. The number of aliphatic hydroxyl groups is 1. The van der Waals surface area contributed by atoms with Crippen molar-refractivity contribution in [3.63, 3.8) is 0 Å². The number of benzene rings is 1. The molecule has 0 atom stereocenters. The molecule has 0 fully saturated rings. The Morgan fingerprint density at radius 3 is 2.87 bits per heavy atom. The fourth-order valence-electron chi connectivity index (χ4n) is 2.40. The average molecular weight is 314 g/mol. The van der Waals surface area contributed by atoms with Crippen molar-refractivity contribution < 1.29 is 19.4 Å². The van der Waals surface area contributed by atoms with Crippen molar-refractivity contribution in [2.24, 2.45) is 0 Å². The van der Waals surface area contributed by atoms with Gasteiger partial charge in [0, 0.05) is 17.6 Å². The van der Waals surface area contributed by atoms with Gasteiger partial charge in [-0.1, -0.05) is 12.1 Å². The summed E-state index contributed by atoms with van der Waals surface area (Å²) < 4.78 is 11.5. The van der Waals surface area contributed by atoms with Crippen LogP contribution in [0, 0.1) is 0 Å². The van der Waals surface area contributed by atoms with E-state index in [0.717, 1.165) is 5.39 Å². The van der Waals surface area contributed by atoms with Crippen LogP contribution in [0.4, 0.5) is 0 Å². The second-order valence-corrected chi connectivity index (χ2v) is 4.76. The largest absolute Gasteiger partial charge is 0.496 e. The molecule has 1 N–H and O–H groups in total. The van der Waals surface area contributed by atoms with Crippen LogP contribution in [0.2, 0.25) is 0 Å². The molecule has 0 amide bonds. The van der Waals surface area contributed by atoms with Crippen molar-refractivity contribution in [1.29, 1.82) is 0 Å². The second-order valence-electron chi connectivity index (χ2n) is 4.76. The molecule has 3 rings (SSSR count). The normalized spacial score (nSPS) is 10.9. The van der Waals surface area contributed by atoms with Gasteiger partial charge in [0.05, 0.1) is 19.2 Å². The number of carbonyl (C=O) groups is 1. The Morgan fingerprint density at radius 2 is 2.13 bits per heavy atom. The smallest absolute Gasteiger partial charge is 0.345 e. The number of nitrogens with zero attached hydrogens (tertiary/aromatic N) is 2. The first-order chi connectivity index (χ1) is 11.2. The molecule has 2 aromatic heterocycles. The van der Waals surface area contributed by atoms with Crippen LogP contribution in [-0.2, 0) is 4.74 Å². The topological polar surface area (TPSA) is 90.1 Å². The highest BCUT2D eigenvalue weighted by Gasteiger charge is 2.17. The third kappa shape index (κ3) is 2.51. The summed E-state index contributed by atoms with van der Waals surface area (Å²) in [7, 11) is 1.54. The van der Waals surface area contributed by atoms with Crippen molar-refractivity contribution >= 4 is 22.5 Å². The lowest BCUT2D eigenvalue weighted by Crippen LogP contribution is -2.25. The Balaban J connectivity index is 2.31. The number of aliphatic hydroxyl groups excluding tert-OH is 1. The minimum atomic E-state index is -0.814. The molecule has 0 unspecified atom stereocenters. The molecule has 23 heavy (non-hydrogen) atoms. The molecule has 0 bridgehead atoms. The zero-order valence-electron chi connectivity index (χ0n) is 12.4. The van der Waals surface area contributed by atoms with Gasteiger partial charge in [-0.2, -0.15) is 0 Å². The Labute approximate surface area is 130 Å². The summed E-state index contributed by atoms with van der Waals surface area (Å²) >= 11 is 0. The summed E-state index contributed by atoms with van der Waals surface area (Å²) in [4.78, 5) is 28.7. The number of aromatic nitrogens is 2. The summed E-state index contributed by atoms with van der Waals surface area (Å²) in [6, 6.07) is 8.80. The molecular weight excluding hydrogens is 300 g/mol. The summed E-state index contributed by atoms with van der Waals surface area (Å²) in [5.74, 6) is -0.228. The predicted octanol–water partition coefficient (Wildman–Crippen LogP) is 1.01. The lowest BCUT2D eigenvalue weighted by atomic mass is 10.2. The first kappa shape index (κ1) is 15.0. The van der Waals surface area contributed by atoms with E-state index in [0.29, 0.717) is 16.9 Å². The van der Waals surface area contributed by atoms with Gasteiger partial charge in [0.2, 0.25) is 0 Å². The SMILES string of the molecule is COc1cc2ncc(C(=O)OCCO)c(=O)n2c2ccccc12. The van der Waals surface area contributed by atoms with Gasteiger partial charge in [-0.25, -0.2) is 9.78 Å². The Bertz CT molecular complexity index is 948. The van der Waals surface area contributed by atoms with Gasteiger partial charge in [0.15, 0.2) is 0 Å². The number of esters is 1. The van der Waals surface area contributed by atoms with Gasteiger partial charge in [-0.3, -0.25) is 9.20 Å². The van der Waals surface area contributed by atoms with E-state index in [1.54, 1.807) is 18.2 Å². The van der Waals surface area contributed by atoms with Crippen molar-refractivity contribution in [3.8, 4) is 5.75 Å². The van der Waals surface area contributed by atoms with Gasteiger partial charge in [-0.15, -0.1) is 0 Å². The van der Waals surface area contributed by atoms with Crippen molar-refractivity contribution in [3.05, 3.63) is 52.4 Å². The van der Waals surface area contributed by atoms with Crippen LogP contribution in [0.15, 0.2) is 41.3 Å². The molecule has 7 nitrogen and oxygen atoms in total. The predicted molar refractivity (Wildman–Crippen MR) is 82.9 cm³/mol. The van der Waals surface area contributed by atoms with Crippen LogP contribution >= 0.6 is 0 Å². The van der Waals surface area contributed by atoms with Gasteiger partial charge in [0.25, 0.3) is 5.56 Å². The Kier molecular flexibility index (Phi) is 3.94. The van der Waals surface area contributed by atoms with Crippen molar-refractivity contribution in [1.82, 2.24) is 9.38 Å². The second kappa shape index (κ2) is 6.05. The summed E-state index contributed by atoms with van der Waals surface area (Å²) in [5, 5.41) is 9.44. The molecule has 0 aliphatic carbocycles. The van der Waals surface area contributed by atoms with Gasteiger partial charge in [0.1, 0.15) is 23.6 Å². The molecule has 0 saturated carbocycles. The van der Waals surface area contributed by atoms with Crippen LogP contribution in [-0.4, -0.2) is 40.8 Å². The Hall–Kier alpha value is -2.93. The minimum absolute atomic E-state index is 0.176. The average Bonchev–Trinajstić information content (AvgIpc) is 2.58. The molecule has 0 aliphatic rings. The number of carbonyl (C=O) groups excluding carboxylic acids is 1. The van der Waals surface area contributed by atoms with Crippen LogP contribution in [0.1, 0.15) is 10.4 Å². The molecule has 7 heteroatoms. The zero-order valence-corrected chi connectivity index (χ0v) is 12.4. The highest BCUT2D eigenvalue weighted by atomic mass is 16.5. The fraction of sp³-hybridized carbons (Fsp3) is 0.188. The van der Waals surface area contributed by atoms with E-state index in [9.17, 15) is 9.59 Å². The van der Waals surface area contributed by atoms with Gasteiger partial charge >= 0.3 is 5.97 Å². The molecule has 118 valence electrons. The lowest BCUT2D eigenvalue weighted by Gasteiger charge is -2.11. The molecule has 0 spiro atoms. The van der Waals surface area contributed by atoms with E-state index in [1.165, 1.54) is 17.7 Å². The van der Waals surface area contributed by atoms with E-state index in [2.05, 4.69) is 4.98 Å². The van der Waals surface area contributed by atoms with Crippen molar-refractivity contribution in [2.45, 2.75) is 0 Å². The third-order valence-corrected chi connectivity index (χ3v) is 3.42. The maximum Gasteiger partial charge on any atom is 0.345 e. The Morgan fingerprint density at radius 1 is 1.35 bits per heavy atom. The standard InChI is InChI=1S/C16H14N2O5/c1-22-13-8-14-17-9-11(16(21)23-7-6-19)15(20)18(14)12-5-3-2-4-10(12)13/h2-5,8-9,19H,6-7H2,1H3. The van der Waals surface area contributed by atoms with E-state index in [4.69, 9.17) is 14.6 Å². The van der Waals surface area contributed by atoms with Crippen molar-refractivity contribution in [2.75, 3.05) is 20.3 Å². The number of hydrogen-bond acceptors (Lipinski definition) is 6. The molecule has 1 aromatic carbocycles. The summed E-state index contributed by atoms with van der Waals surface area (Å²) in [5.41, 5.74) is 0.225. The molecule has 0 aliphatic heterocycles. The maximum absolute atomic E-state index is 12.7. The van der Waals surface area contributed by atoms with Crippen LogP contribution in [0.3, 0.4) is 0 Å². The summed E-state index contributed by atoms with van der Waals surface area (Å²) in [6.45, 7) is -0.488. The monoisotopic (exact) mass is 314 g/mol. The number of ether oxygens (including phenoxy) is 2.